The molecule has 1 aromatic heterocycles. The molecule has 0 saturated carbocycles. The number of fused-ring (bicyclic) bond motifs is 1. The van der Waals surface area contributed by atoms with Crippen molar-refractivity contribution in [1.29, 1.82) is 0 Å². The number of ether oxygens (including phenoxy) is 1. The smallest absolute Gasteiger partial charge is 0.220 e. The zero-order chi connectivity index (χ0) is 17.8. The number of nitrogens with zero attached hydrogens (tertiary/aromatic N) is 1. The summed E-state index contributed by atoms with van der Waals surface area (Å²) in [6.07, 6.45) is 4.10. The zero-order valence-electron chi connectivity index (χ0n) is 15.2. The Hall–Kier alpha value is -2.36. The standard InChI is InChI=1S/C21H26N2O2/c1-14(2)7-8-20(24)23-13-17-12-16-10-15(3)11-18(21(16)25-17)19-6-4-5-9-22-19/h4-6,9-11,14,17H,7-8,12-13H2,1-3H3,(H,23,24)/t17-/m1/s1. The number of hydrogen-bond acceptors (Lipinski definition) is 3. The van der Waals surface area contributed by atoms with Gasteiger partial charge in [0.2, 0.25) is 5.91 Å². The van der Waals surface area contributed by atoms with Gasteiger partial charge in [-0.25, -0.2) is 0 Å². The number of benzene rings is 1. The minimum absolute atomic E-state index is 0.0118. The van der Waals surface area contributed by atoms with E-state index < -0.39 is 0 Å². The van der Waals surface area contributed by atoms with Crippen LogP contribution in [0.25, 0.3) is 11.3 Å². The van der Waals surface area contributed by atoms with Gasteiger partial charge in [-0.1, -0.05) is 26.0 Å². The molecule has 1 aromatic carbocycles. The SMILES string of the molecule is Cc1cc2c(c(-c3ccccn3)c1)O[C@@H](CNC(=O)CCC(C)C)C2. The number of hydrogen-bond donors (Lipinski definition) is 1. The van der Waals surface area contributed by atoms with Crippen molar-refractivity contribution in [3.63, 3.8) is 0 Å². The largest absolute Gasteiger partial charge is 0.487 e. The molecular formula is C21H26N2O2. The highest BCUT2D eigenvalue weighted by Crippen LogP contribution is 2.39. The number of nitrogens with one attached hydrogen (secondary N) is 1. The van der Waals surface area contributed by atoms with Crippen LogP contribution >= 0.6 is 0 Å². The normalized spacial score (nSPS) is 15.8. The van der Waals surface area contributed by atoms with Crippen molar-refractivity contribution in [2.24, 2.45) is 5.92 Å². The molecule has 0 saturated heterocycles. The summed E-state index contributed by atoms with van der Waals surface area (Å²) in [6, 6.07) is 10.2. The topological polar surface area (TPSA) is 51.2 Å². The van der Waals surface area contributed by atoms with Crippen molar-refractivity contribution < 1.29 is 9.53 Å². The van der Waals surface area contributed by atoms with E-state index in [1.54, 1.807) is 6.20 Å². The van der Waals surface area contributed by atoms with Crippen LogP contribution in [0.1, 0.15) is 37.8 Å². The quantitative estimate of drug-likeness (QED) is 0.869. The number of aryl methyl sites for hydroxylation is 1. The predicted molar refractivity (Wildman–Crippen MR) is 99.6 cm³/mol. The third-order valence-corrected chi connectivity index (χ3v) is 4.46. The first-order chi connectivity index (χ1) is 12.0. The molecule has 3 rings (SSSR count). The molecule has 2 heterocycles. The highest BCUT2D eigenvalue weighted by atomic mass is 16.5. The van der Waals surface area contributed by atoms with Crippen LogP contribution in [-0.2, 0) is 11.2 Å². The monoisotopic (exact) mass is 338 g/mol. The van der Waals surface area contributed by atoms with Crippen LogP contribution in [0, 0.1) is 12.8 Å². The van der Waals surface area contributed by atoms with E-state index in [-0.39, 0.29) is 12.0 Å². The number of aromatic nitrogens is 1. The van der Waals surface area contributed by atoms with Crippen molar-refractivity contribution in [2.45, 2.75) is 46.1 Å². The lowest BCUT2D eigenvalue weighted by Crippen LogP contribution is -2.34. The summed E-state index contributed by atoms with van der Waals surface area (Å²) in [4.78, 5) is 16.4. The molecule has 1 aliphatic rings. The van der Waals surface area contributed by atoms with Crippen LogP contribution in [0.15, 0.2) is 36.5 Å². The van der Waals surface area contributed by atoms with E-state index in [1.807, 2.05) is 18.2 Å². The Balaban J connectivity index is 1.68. The number of carbonyl (C=O) groups excluding carboxylic acids is 1. The zero-order valence-corrected chi connectivity index (χ0v) is 15.2. The molecule has 2 aromatic rings. The second-order valence-electron chi connectivity index (χ2n) is 7.20. The summed E-state index contributed by atoms with van der Waals surface area (Å²) in [7, 11) is 0. The van der Waals surface area contributed by atoms with Gasteiger partial charge in [0, 0.05) is 24.6 Å². The van der Waals surface area contributed by atoms with Crippen molar-refractivity contribution >= 4 is 5.91 Å². The van der Waals surface area contributed by atoms with Crippen LogP contribution in [0.3, 0.4) is 0 Å². The molecule has 4 heteroatoms. The van der Waals surface area contributed by atoms with E-state index in [0.29, 0.717) is 18.9 Å². The second kappa shape index (κ2) is 7.68. The van der Waals surface area contributed by atoms with Gasteiger partial charge in [-0.2, -0.15) is 0 Å². The lowest BCUT2D eigenvalue weighted by Gasteiger charge is -2.14. The Kier molecular flexibility index (Phi) is 5.37. The van der Waals surface area contributed by atoms with E-state index in [1.165, 1.54) is 11.1 Å². The van der Waals surface area contributed by atoms with Crippen molar-refractivity contribution in [2.75, 3.05) is 6.54 Å². The van der Waals surface area contributed by atoms with Gasteiger partial charge in [0.1, 0.15) is 11.9 Å². The van der Waals surface area contributed by atoms with Gasteiger partial charge in [0.15, 0.2) is 0 Å². The summed E-state index contributed by atoms with van der Waals surface area (Å²) >= 11 is 0. The molecule has 0 aliphatic carbocycles. The Morgan fingerprint density at radius 1 is 1.36 bits per heavy atom. The molecule has 1 aliphatic heterocycles. The predicted octanol–water partition coefficient (Wildman–Crippen LogP) is 3.91. The number of pyridine rings is 1. The maximum Gasteiger partial charge on any atom is 0.220 e. The molecule has 0 spiro atoms. The van der Waals surface area contributed by atoms with E-state index in [4.69, 9.17) is 4.74 Å². The van der Waals surface area contributed by atoms with Crippen LogP contribution in [-0.4, -0.2) is 23.5 Å². The number of amides is 1. The lowest BCUT2D eigenvalue weighted by atomic mass is 10.0. The minimum Gasteiger partial charge on any atom is -0.487 e. The van der Waals surface area contributed by atoms with Gasteiger partial charge in [-0.15, -0.1) is 0 Å². The molecule has 0 fully saturated rings. The molecule has 0 bridgehead atoms. The summed E-state index contributed by atoms with van der Waals surface area (Å²) in [6.45, 7) is 6.90. The summed E-state index contributed by atoms with van der Waals surface area (Å²) in [5.74, 6) is 1.56. The summed E-state index contributed by atoms with van der Waals surface area (Å²) in [5, 5.41) is 3.01. The summed E-state index contributed by atoms with van der Waals surface area (Å²) < 4.78 is 6.17. The first-order valence-corrected chi connectivity index (χ1v) is 9.01. The Morgan fingerprint density at radius 2 is 2.20 bits per heavy atom. The van der Waals surface area contributed by atoms with Crippen molar-refractivity contribution in [3.05, 3.63) is 47.7 Å². The van der Waals surface area contributed by atoms with Gasteiger partial charge >= 0.3 is 0 Å². The number of rotatable bonds is 6. The average Bonchev–Trinajstić information content (AvgIpc) is 3.00. The lowest BCUT2D eigenvalue weighted by molar-refractivity contribution is -0.121. The van der Waals surface area contributed by atoms with Crippen LogP contribution < -0.4 is 10.1 Å². The summed E-state index contributed by atoms with van der Waals surface area (Å²) in [5.41, 5.74) is 4.35. The van der Waals surface area contributed by atoms with Crippen LogP contribution in [0.4, 0.5) is 0 Å². The van der Waals surface area contributed by atoms with Crippen LogP contribution in [0.5, 0.6) is 5.75 Å². The third kappa shape index (κ3) is 4.38. The minimum atomic E-state index is -0.0118. The van der Waals surface area contributed by atoms with E-state index in [9.17, 15) is 4.79 Å². The molecule has 132 valence electrons. The van der Waals surface area contributed by atoms with Crippen molar-refractivity contribution in [3.8, 4) is 17.0 Å². The molecule has 1 atom stereocenters. The molecule has 4 nitrogen and oxygen atoms in total. The van der Waals surface area contributed by atoms with E-state index in [2.05, 4.69) is 43.2 Å². The molecule has 1 amide bonds. The fraction of sp³-hybridized carbons (Fsp3) is 0.429. The highest BCUT2D eigenvalue weighted by Gasteiger charge is 2.27. The van der Waals surface area contributed by atoms with Gasteiger partial charge < -0.3 is 10.1 Å². The van der Waals surface area contributed by atoms with E-state index >= 15 is 0 Å². The van der Waals surface area contributed by atoms with Gasteiger partial charge in [-0.05, 0) is 48.6 Å². The first kappa shape index (κ1) is 17.5. The third-order valence-electron chi connectivity index (χ3n) is 4.46. The molecule has 0 unspecified atom stereocenters. The fourth-order valence-electron chi connectivity index (χ4n) is 3.15. The van der Waals surface area contributed by atoms with Crippen molar-refractivity contribution in [1.82, 2.24) is 10.3 Å². The molecule has 25 heavy (non-hydrogen) atoms. The maximum atomic E-state index is 11.9. The Morgan fingerprint density at radius 3 is 2.92 bits per heavy atom. The first-order valence-electron chi connectivity index (χ1n) is 9.01. The molecule has 0 radical (unpaired) electrons. The van der Waals surface area contributed by atoms with E-state index in [0.717, 1.165) is 29.8 Å². The highest BCUT2D eigenvalue weighted by molar-refractivity contribution is 5.76. The van der Waals surface area contributed by atoms with Gasteiger partial charge in [-0.3, -0.25) is 9.78 Å². The van der Waals surface area contributed by atoms with Gasteiger partial charge in [0.05, 0.1) is 12.2 Å². The van der Waals surface area contributed by atoms with Crippen LogP contribution in [0.2, 0.25) is 0 Å². The Labute approximate surface area is 149 Å². The molecular weight excluding hydrogens is 312 g/mol. The Bertz CT molecular complexity index is 741. The maximum absolute atomic E-state index is 11.9. The molecule has 1 N–H and O–H groups in total. The number of carbonyl (C=O) groups is 1. The van der Waals surface area contributed by atoms with Gasteiger partial charge in [0.25, 0.3) is 0 Å². The average molecular weight is 338 g/mol. The fourth-order valence-corrected chi connectivity index (χ4v) is 3.15. The second-order valence-corrected chi connectivity index (χ2v) is 7.20.